The fourth-order valence-electron chi connectivity index (χ4n) is 1.97. The van der Waals surface area contributed by atoms with Gasteiger partial charge in [0.15, 0.2) is 5.82 Å². The minimum atomic E-state index is -0.165. The smallest absolute Gasteiger partial charge is 0.253 e. The van der Waals surface area contributed by atoms with E-state index in [-0.39, 0.29) is 6.61 Å². The molecule has 2 aromatic rings. The predicted octanol–water partition coefficient (Wildman–Crippen LogP) is 0.394. The standard InChI is InChI=1S/C9H10N4OS/c14-4-7-11-9-10-6-3-1-2-5(6)8(15)13(9)12-7/h14-15H,1-4H2. The molecule has 15 heavy (non-hydrogen) atoms. The molecule has 0 saturated heterocycles. The summed E-state index contributed by atoms with van der Waals surface area (Å²) in [6.45, 7) is -0.165. The molecule has 1 aliphatic rings. The number of aryl methyl sites for hydroxylation is 1. The molecule has 3 rings (SSSR count). The lowest BCUT2D eigenvalue weighted by atomic mass is 10.3. The van der Waals surface area contributed by atoms with Crippen molar-refractivity contribution in [3.63, 3.8) is 0 Å². The molecule has 1 N–H and O–H groups in total. The van der Waals surface area contributed by atoms with Crippen LogP contribution in [0.5, 0.6) is 0 Å². The monoisotopic (exact) mass is 222 g/mol. The van der Waals surface area contributed by atoms with Crippen LogP contribution in [0, 0.1) is 0 Å². The van der Waals surface area contributed by atoms with Crippen LogP contribution in [0.25, 0.3) is 5.78 Å². The molecule has 78 valence electrons. The van der Waals surface area contributed by atoms with Gasteiger partial charge in [-0.15, -0.1) is 17.7 Å². The number of thiol groups is 1. The number of fused-ring (bicyclic) bond motifs is 2. The molecule has 0 radical (unpaired) electrons. The summed E-state index contributed by atoms with van der Waals surface area (Å²) in [5, 5.41) is 13.9. The maximum absolute atomic E-state index is 8.95. The van der Waals surface area contributed by atoms with Gasteiger partial charge < -0.3 is 5.11 Å². The number of hydrogen-bond acceptors (Lipinski definition) is 5. The summed E-state index contributed by atoms with van der Waals surface area (Å²) in [7, 11) is 0. The molecule has 2 aromatic heterocycles. The molecule has 0 saturated carbocycles. The van der Waals surface area contributed by atoms with Crippen LogP contribution in [0.3, 0.4) is 0 Å². The summed E-state index contributed by atoms with van der Waals surface area (Å²) in [4.78, 5) is 8.53. The predicted molar refractivity (Wildman–Crippen MR) is 56.0 cm³/mol. The van der Waals surface area contributed by atoms with E-state index in [2.05, 4.69) is 27.7 Å². The Morgan fingerprint density at radius 3 is 3.00 bits per heavy atom. The van der Waals surface area contributed by atoms with Crippen molar-refractivity contribution in [1.29, 1.82) is 0 Å². The Balaban J connectivity index is 2.33. The highest BCUT2D eigenvalue weighted by Crippen LogP contribution is 2.26. The zero-order valence-electron chi connectivity index (χ0n) is 8.01. The average molecular weight is 222 g/mol. The lowest BCUT2D eigenvalue weighted by Gasteiger charge is -2.03. The first-order valence-corrected chi connectivity index (χ1v) is 5.31. The van der Waals surface area contributed by atoms with E-state index in [0.29, 0.717) is 11.6 Å². The summed E-state index contributed by atoms with van der Waals surface area (Å²) in [5.74, 6) is 0.922. The van der Waals surface area contributed by atoms with Crippen molar-refractivity contribution in [1.82, 2.24) is 19.6 Å². The van der Waals surface area contributed by atoms with Gasteiger partial charge in [0, 0.05) is 5.56 Å². The molecule has 0 unspecified atom stereocenters. The first-order valence-electron chi connectivity index (χ1n) is 4.87. The van der Waals surface area contributed by atoms with Gasteiger partial charge in [-0.25, -0.2) is 4.98 Å². The first-order chi connectivity index (χ1) is 7.29. The summed E-state index contributed by atoms with van der Waals surface area (Å²) < 4.78 is 1.60. The highest BCUT2D eigenvalue weighted by Gasteiger charge is 2.19. The third-order valence-electron chi connectivity index (χ3n) is 2.67. The topological polar surface area (TPSA) is 63.3 Å². The molecular weight excluding hydrogens is 212 g/mol. The largest absolute Gasteiger partial charge is 0.388 e. The van der Waals surface area contributed by atoms with Crippen molar-refractivity contribution < 1.29 is 5.11 Å². The number of aliphatic hydroxyl groups excluding tert-OH is 1. The van der Waals surface area contributed by atoms with E-state index in [1.807, 2.05) is 0 Å². The molecule has 0 bridgehead atoms. The van der Waals surface area contributed by atoms with Crippen molar-refractivity contribution in [2.75, 3.05) is 0 Å². The number of rotatable bonds is 1. The summed E-state index contributed by atoms with van der Waals surface area (Å²) in [6, 6.07) is 0. The van der Waals surface area contributed by atoms with Crippen LogP contribution in [0.2, 0.25) is 0 Å². The Morgan fingerprint density at radius 1 is 1.33 bits per heavy atom. The Bertz CT molecular complexity index is 536. The molecule has 0 spiro atoms. The summed E-state index contributed by atoms with van der Waals surface area (Å²) in [5.41, 5.74) is 2.24. The van der Waals surface area contributed by atoms with Crippen LogP contribution in [0.15, 0.2) is 5.03 Å². The molecular formula is C9H10N4OS. The highest BCUT2D eigenvalue weighted by molar-refractivity contribution is 7.80. The highest BCUT2D eigenvalue weighted by atomic mass is 32.1. The van der Waals surface area contributed by atoms with Gasteiger partial charge in [0.05, 0.1) is 5.69 Å². The minimum Gasteiger partial charge on any atom is -0.388 e. The van der Waals surface area contributed by atoms with E-state index in [0.717, 1.165) is 30.0 Å². The second-order valence-electron chi connectivity index (χ2n) is 3.61. The van der Waals surface area contributed by atoms with Crippen molar-refractivity contribution in [3.8, 4) is 0 Å². The second-order valence-corrected chi connectivity index (χ2v) is 4.04. The van der Waals surface area contributed by atoms with Crippen LogP contribution in [-0.2, 0) is 19.4 Å². The third-order valence-corrected chi connectivity index (χ3v) is 3.13. The van der Waals surface area contributed by atoms with Crippen LogP contribution in [0.4, 0.5) is 0 Å². The maximum Gasteiger partial charge on any atom is 0.253 e. The van der Waals surface area contributed by atoms with E-state index in [9.17, 15) is 0 Å². The number of aromatic nitrogens is 4. The van der Waals surface area contributed by atoms with Gasteiger partial charge in [-0.1, -0.05) is 0 Å². The van der Waals surface area contributed by atoms with Crippen molar-refractivity contribution in [2.24, 2.45) is 0 Å². The number of nitrogens with zero attached hydrogens (tertiary/aromatic N) is 4. The minimum absolute atomic E-state index is 0.165. The Labute approximate surface area is 91.6 Å². The van der Waals surface area contributed by atoms with Gasteiger partial charge in [0.2, 0.25) is 0 Å². The lowest BCUT2D eigenvalue weighted by Crippen LogP contribution is -2.00. The van der Waals surface area contributed by atoms with Gasteiger partial charge in [-0.2, -0.15) is 9.50 Å². The fourth-order valence-corrected chi connectivity index (χ4v) is 2.34. The fraction of sp³-hybridized carbons (Fsp3) is 0.444. The van der Waals surface area contributed by atoms with Crippen LogP contribution >= 0.6 is 12.6 Å². The summed E-state index contributed by atoms with van der Waals surface area (Å²) >= 11 is 4.44. The quantitative estimate of drug-likeness (QED) is 0.541. The van der Waals surface area contributed by atoms with E-state index in [1.165, 1.54) is 5.56 Å². The normalized spacial score (nSPS) is 14.8. The molecule has 0 fully saturated rings. The molecule has 0 atom stereocenters. The zero-order chi connectivity index (χ0) is 10.4. The van der Waals surface area contributed by atoms with E-state index in [1.54, 1.807) is 4.52 Å². The van der Waals surface area contributed by atoms with Gasteiger partial charge in [-0.05, 0) is 19.3 Å². The van der Waals surface area contributed by atoms with Gasteiger partial charge in [0.25, 0.3) is 5.78 Å². The van der Waals surface area contributed by atoms with Crippen molar-refractivity contribution in [2.45, 2.75) is 30.9 Å². The molecule has 5 nitrogen and oxygen atoms in total. The lowest BCUT2D eigenvalue weighted by molar-refractivity contribution is 0.271. The van der Waals surface area contributed by atoms with Gasteiger partial charge >= 0.3 is 0 Å². The Morgan fingerprint density at radius 2 is 2.20 bits per heavy atom. The number of hydrogen-bond donors (Lipinski definition) is 2. The molecule has 6 heteroatoms. The zero-order valence-corrected chi connectivity index (χ0v) is 8.91. The van der Waals surface area contributed by atoms with E-state index in [4.69, 9.17) is 5.11 Å². The first kappa shape index (κ1) is 9.11. The third kappa shape index (κ3) is 1.25. The molecule has 0 amide bonds. The van der Waals surface area contributed by atoms with Crippen LogP contribution in [-0.4, -0.2) is 24.7 Å². The van der Waals surface area contributed by atoms with Crippen LogP contribution in [0.1, 0.15) is 23.5 Å². The van der Waals surface area contributed by atoms with E-state index >= 15 is 0 Å². The van der Waals surface area contributed by atoms with Gasteiger partial charge in [-0.3, -0.25) is 0 Å². The number of aliphatic hydroxyl groups is 1. The van der Waals surface area contributed by atoms with Gasteiger partial charge in [0.1, 0.15) is 11.6 Å². The molecule has 1 aliphatic carbocycles. The van der Waals surface area contributed by atoms with Crippen molar-refractivity contribution in [3.05, 3.63) is 17.1 Å². The maximum atomic E-state index is 8.95. The summed E-state index contributed by atoms with van der Waals surface area (Å²) in [6.07, 6.45) is 3.11. The molecule has 0 aromatic carbocycles. The Hall–Kier alpha value is -1.14. The van der Waals surface area contributed by atoms with Crippen LogP contribution < -0.4 is 0 Å². The molecule has 0 aliphatic heterocycles. The SMILES string of the molecule is OCc1nc2nc3c(c(S)n2n1)CCC3. The second kappa shape index (κ2) is 3.18. The van der Waals surface area contributed by atoms with E-state index < -0.39 is 0 Å². The Kier molecular flexibility index (Phi) is 1.93. The molecule has 2 heterocycles. The average Bonchev–Trinajstić information content (AvgIpc) is 2.83. The van der Waals surface area contributed by atoms with Crippen molar-refractivity contribution >= 4 is 18.4 Å².